The monoisotopic (exact) mass is 399 g/mol. The zero-order valence-electron chi connectivity index (χ0n) is 14.4. The molecule has 2 N–H and O–H groups in total. The number of benzene rings is 1. The van der Waals surface area contributed by atoms with E-state index in [2.05, 4.69) is 9.71 Å². The maximum absolute atomic E-state index is 13.3. The number of rotatable bonds is 4. The highest BCUT2D eigenvalue weighted by molar-refractivity contribution is 7.92. The molecule has 0 saturated carbocycles. The quantitative estimate of drug-likeness (QED) is 0.825. The molecule has 1 fully saturated rings. The third kappa shape index (κ3) is 3.43. The maximum Gasteiger partial charge on any atom is 0.264 e. The fourth-order valence-corrected chi connectivity index (χ4v) is 4.88. The number of anilines is 1. The Bertz CT molecular complexity index is 966. The van der Waals surface area contributed by atoms with Gasteiger partial charge in [0.25, 0.3) is 15.9 Å². The standard InChI is InChI=1S/C17H19ClFN3O3S/c1-10-15(17(23)22-7-3-4-8-22)16(11(2)20-10)26(24,25)21-12-5-6-14(19)13(18)9-12/h5-6,9,20-21H,3-4,7-8H2,1-2H3. The minimum Gasteiger partial charge on any atom is -0.361 e. The molecule has 140 valence electrons. The first-order valence-electron chi connectivity index (χ1n) is 8.17. The highest BCUT2D eigenvalue weighted by Crippen LogP contribution is 2.29. The molecule has 26 heavy (non-hydrogen) atoms. The van der Waals surface area contributed by atoms with Gasteiger partial charge in [0, 0.05) is 24.5 Å². The first-order valence-corrected chi connectivity index (χ1v) is 10.0. The van der Waals surface area contributed by atoms with Gasteiger partial charge in [-0.2, -0.15) is 0 Å². The van der Waals surface area contributed by atoms with Crippen LogP contribution < -0.4 is 4.72 Å². The van der Waals surface area contributed by atoms with Crippen LogP contribution in [0.1, 0.15) is 34.6 Å². The van der Waals surface area contributed by atoms with Crippen LogP contribution in [0.3, 0.4) is 0 Å². The SMILES string of the molecule is Cc1[nH]c(C)c(S(=O)(=O)Nc2ccc(F)c(Cl)c2)c1C(=O)N1CCCC1. The summed E-state index contributed by atoms with van der Waals surface area (Å²) in [5.41, 5.74) is 1.13. The average Bonchev–Trinajstić information content (AvgIpc) is 3.18. The second kappa shape index (κ2) is 6.92. The zero-order valence-corrected chi connectivity index (χ0v) is 16.0. The van der Waals surface area contributed by atoms with Crippen LogP contribution in [0.2, 0.25) is 5.02 Å². The fourth-order valence-electron chi connectivity index (χ4n) is 3.20. The van der Waals surface area contributed by atoms with E-state index in [1.807, 2.05) is 0 Å². The molecule has 0 spiro atoms. The van der Waals surface area contributed by atoms with Crippen LogP contribution >= 0.6 is 11.6 Å². The molecule has 2 aromatic rings. The molecule has 1 aliphatic heterocycles. The number of halogens is 2. The Labute approximate surface area is 156 Å². The van der Waals surface area contributed by atoms with Crippen LogP contribution in [-0.4, -0.2) is 37.3 Å². The lowest BCUT2D eigenvalue weighted by Gasteiger charge is -2.17. The van der Waals surface area contributed by atoms with Gasteiger partial charge in [-0.25, -0.2) is 12.8 Å². The normalized spacial score (nSPS) is 14.7. The van der Waals surface area contributed by atoms with E-state index in [4.69, 9.17) is 11.6 Å². The third-order valence-corrected chi connectivity index (χ3v) is 6.21. The number of carbonyl (C=O) groups is 1. The molecule has 3 rings (SSSR count). The van der Waals surface area contributed by atoms with Crippen LogP contribution in [0.4, 0.5) is 10.1 Å². The molecular formula is C17H19ClFN3O3S. The Kier molecular flexibility index (Phi) is 4.98. The van der Waals surface area contributed by atoms with E-state index in [0.717, 1.165) is 18.9 Å². The van der Waals surface area contributed by atoms with Gasteiger partial charge in [0.15, 0.2) is 0 Å². The first kappa shape index (κ1) is 18.7. The summed E-state index contributed by atoms with van der Waals surface area (Å²) in [5, 5.41) is -0.194. The summed E-state index contributed by atoms with van der Waals surface area (Å²) in [5.74, 6) is -0.949. The molecule has 9 heteroatoms. The zero-order chi connectivity index (χ0) is 19.1. The van der Waals surface area contributed by atoms with Crippen molar-refractivity contribution in [1.82, 2.24) is 9.88 Å². The Morgan fingerprint density at radius 3 is 2.50 bits per heavy atom. The minimum absolute atomic E-state index is 0.0904. The smallest absolute Gasteiger partial charge is 0.264 e. The number of aromatic nitrogens is 1. The number of hydrogen-bond acceptors (Lipinski definition) is 3. The van der Waals surface area contributed by atoms with Gasteiger partial charge in [-0.15, -0.1) is 0 Å². The van der Waals surface area contributed by atoms with Gasteiger partial charge in [0.2, 0.25) is 0 Å². The summed E-state index contributed by atoms with van der Waals surface area (Å²) in [6.07, 6.45) is 1.81. The van der Waals surface area contributed by atoms with E-state index >= 15 is 0 Å². The second-order valence-corrected chi connectivity index (χ2v) is 8.34. The van der Waals surface area contributed by atoms with Gasteiger partial charge >= 0.3 is 0 Å². The van der Waals surface area contributed by atoms with E-state index in [1.54, 1.807) is 18.7 Å². The molecule has 0 bridgehead atoms. The molecule has 2 heterocycles. The predicted octanol–water partition coefficient (Wildman–Crippen LogP) is 3.46. The Balaban J connectivity index is 2.01. The van der Waals surface area contributed by atoms with E-state index in [0.29, 0.717) is 24.5 Å². The number of aryl methyl sites for hydroxylation is 2. The van der Waals surface area contributed by atoms with Crippen molar-refractivity contribution in [3.05, 3.63) is 46.0 Å². The van der Waals surface area contributed by atoms with Gasteiger partial charge in [-0.05, 0) is 44.9 Å². The highest BCUT2D eigenvalue weighted by atomic mass is 35.5. The topological polar surface area (TPSA) is 82.3 Å². The van der Waals surface area contributed by atoms with Crippen molar-refractivity contribution in [3.63, 3.8) is 0 Å². The number of aromatic amines is 1. The summed E-state index contributed by atoms with van der Waals surface area (Å²) >= 11 is 5.72. The maximum atomic E-state index is 13.3. The minimum atomic E-state index is -4.07. The summed E-state index contributed by atoms with van der Waals surface area (Å²) in [6.45, 7) is 4.50. The van der Waals surface area contributed by atoms with E-state index in [9.17, 15) is 17.6 Å². The van der Waals surface area contributed by atoms with Crippen molar-refractivity contribution in [2.45, 2.75) is 31.6 Å². The van der Waals surface area contributed by atoms with E-state index < -0.39 is 15.8 Å². The number of nitrogens with one attached hydrogen (secondary N) is 2. The number of likely N-dealkylation sites (tertiary alicyclic amines) is 1. The van der Waals surface area contributed by atoms with Crippen molar-refractivity contribution >= 4 is 33.2 Å². The average molecular weight is 400 g/mol. The van der Waals surface area contributed by atoms with Gasteiger partial charge in [-0.1, -0.05) is 11.6 Å². The molecule has 0 atom stereocenters. The highest BCUT2D eigenvalue weighted by Gasteiger charge is 2.32. The first-order chi connectivity index (χ1) is 12.2. The summed E-state index contributed by atoms with van der Waals surface area (Å²) < 4.78 is 41.5. The molecular weight excluding hydrogens is 381 g/mol. The van der Waals surface area contributed by atoms with Crippen LogP contribution in [0.25, 0.3) is 0 Å². The summed E-state index contributed by atoms with van der Waals surface area (Å²) in [6, 6.07) is 3.53. The molecule has 1 aromatic heterocycles. The largest absolute Gasteiger partial charge is 0.361 e. The van der Waals surface area contributed by atoms with Gasteiger partial charge in [0.05, 0.1) is 16.3 Å². The van der Waals surface area contributed by atoms with Crippen LogP contribution in [0, 0.1) is 19.7 Å². The molecule has 1 saturated heterocycles. The molecule has 0 aliphatic carbocycles. The fraction of sp³-hybridized carbons (Fsp3) is 0.353. The summed E-state index contributed by atoms with van der Waals surface area (Å²) in [4.78, 5) is 17.3. The van der Waals surface area contributed by atoms with Crippen molar-refractivity contribution in [2.24, 2.45) is 0 Å². The van der Waals surface area contributed by atoms with Crippen molar-refractivity contribution < 1.29 is 17.6 Å². The van der Waals surface area contributed by atoms with Crippen LogP contribution in [0.15, 0.2) is 23.1 Å². The number of carbonyl (C=O) groups excluding carboxylic acids is 1. The van der Waals surface area contributed by atoms with Gasteiger partial charge in [0.1, 0.15) is 10.7 Å². The molecule has 0 unspecified atom stereocenters. The van der Waals surface area contributed by atoms with E-state index in [-0.39, 0.29) is 27.1 Å². The lowest BCUT2D eigenvalue weighted by molar-refractivity contribution is 0.0788. The number of amides is 1. The Morgan fingerprint density at radius 2 is 1.88 bits per heavy atom. The number of nitrogens with zero attached hydrogens (tertiary/aromatic N) is 1. The predicted molar refractivity (Wildman–Crippen MR) is 97.6 cm³/mol. The lowest BCUT2D eigenvalue weighted by atomic mass is 10.2. The molecule has 1 amide bonds. The van der Waals surface area contributed by atoms with Gasteiger partial charge < -0.3 is 9.88 Å². The lowest BCUT2D eigenvalue weighted by Crippen LogP contribution is -2.29. The number of H-pyrrole nitrogens is 1. The van der Waals surface area contributed by atoms with Crippen molar-refractivity contribution in [2.75, 3.05) is 17.8 Å². The summed E-state index contributed by atoms with van der Waals surface area (Å²) in [7, 11) is -4.07. The Morgan fingerprint density at radius 1 is 1.23 bits per heavy atom. The van der Waals surface area contributed by atoms with Gasteiger partial charge in [-0.3, -0.25) is 9.52 Å². The van der Waals surface area contributed by atoms with Crippen LogP contribution in [-0.2, 0) is 10.0 Å². The third-order valence-electron chi connectivity index (χ3n) is 4.37. The van der Waals surface area contributed by atoms with Crippen molar-refractivity contribution in [1.29, 1.82) is 0 Å². The number of sulfonamides is 1. The second-order valence-electron chi connectivity index (χ2n) is 6.31. The Hall–Kier alpha value is -2.06. The van der Waals surface area contributed by atoms with Crippen molar-refractivity contribution in [3.8, 4) is 0 Å². The molecule has 1 aromatic carbocycles. The molecule has 0 radical (unpaired) electrons. The molecule has 6 nitrogen and oxygen atoms in total. The van der Waals surface area contributed by atoms with Crippen LogP contribution in [0.5, 0.6) is 0 Å². The van der Waals surface area contributed by atoms with E-state index in [1.165, 1.54) is 12.1 Å². The molecule has 1 aliphatic rings. The number of hydrogen-bond donors (Lipinski definition) is 2.